The van der Waals surface area contributed by atoms with E-state index in [1.54, 1.807) is 30.3 Å². The Labute approximate surface area is 184 Å². The normalized spacial score (nSPS) is 40.1. The van der Waals surface area contributed by atoms with Gasteiger partial charge >= 0.3 is 0 Å². The van der Waals surface area contributed by atoms with Gasteiger partial charge in [-0.1, -0.05) is 18.2 Å². The summed E-state index contributed by atoms with van der Waals surface area (Å²) in [6.45, 7) is 2.62. The molecule has 0 bridgehead atoms. The van der Waals surface area contributed by atoms with Crippen molar-refractivity contribution in [1.82, 2.24) is 0 Å². The number of ether oxygens (including phenoxy) is 4. The van der Waals surface area contributed by atoms with Crippen LogP contribution in [-0.4, -0.2) is 110 Å². The summed E-state index contributed by atoms with van der Waals surface area (Å²) in [5.74, 6) is 0.360. The first-order valence-corrected chi connectivity index (χ1v) is 10.2. The molecule has 2 aliphatic rings. The first-order valence-electron chi connectivity index (χ1n) is 10.2. The zero-order chi connectivity index (χ0) is 23.4. The third kappa shape index (κ3) is 5.46. The predicted octanol–water partition coefficient (Wildman–Crippen LogP) is -2.58. The van der Waals surface area contributed by atoms with Crippen LogP contribution >= 0.6 is 0 Å². The second-order valence-corrected chi connectivity index (χ2v) is 7.80. The minimum atomic E-state index is -1.63. The molecule has 0 aliphatic carbocycles. The first kappa shape index (κ1) is 25.0. The van der Waals surface area contributed by atoms with E-state index in [0.29, 0.717) is 12.2 Å². The van der Waals surface area contributed by atoms with Crippen molar-refractivity contribution in [3.05, 3.63) is 42.5 Å². The van der Waals surface area contributed by atoms with Crippen molar-refractivity contribution >= 4 is 0 Å². The molecule has 0 aromatic heterocycles. The fourth-order valence-electron chi connectivity index (χ4n) is 3.55. The van der Waals surface area contributed by atoms with Crippen LogP contribution in [0.25, 0.3) is 0 Å². The van der Waals surface area contributed by atoms with Crippen LogP contribution in [0.1, 0.15) is 5.56 Å². The number of rotatable bonds is 8. The smallest absolute Gasteiger partial charge is 0.229 e. The zero-order valence-electron chi connectivity index (χ0n) is 17.3. The van der Waals surface area contributed by atoms with E-state index < -0.39 is 74.6 Å². The predicted molar refractivity (Wildman–Crippen MR) is 107 cm³/mol. The highest BCUT2D eigenvalue weighted by Gasteiger charge is 2.47. The summed E-state index contributed by atoms with van der Waals surface area (Å²) in [5.41, 5.74) is 0.999. The highest BCUT2D eigenvalue weighted by Crippen LogP contribution is 2.27. The number of hydrogen-bond acceptors (Lipinski definition) is 11. The monoisotopic (exact) mass is 458 g/mol. The summed E-state index contributed by atoms with van der Waals surface area (Å²) in [7, 11) is 0. The van der Waals surface area contributed by atoms with Crippen molar-refractivity contribution in [2.24, 2.45) is 0 Å². The van der Waals surface area contributed by atoms with Gasteiger partial charge in [0.2, 0.25) is 6.29 Å². The van der Waals surface area contributed by atoms with E-state index in [1.165, 1.54) is 0 Å². The molecule has 2 fully saturated rings. The van der Waals surface area contributed by atoms with Gasteiger partial charge in [-0.3, -0.25) is 0 Å². The van der Waals surface area contributed by atoms with Gasteiger partial charge in [-0.25, -0.2) is 0 Å². The molecule has 1 aromatic carbocycles. The van der Waals surface area contributed by atoms with Crippen LogP contribution in [0.3, 0.4) is 0 Å². The molecule has 11 heteroatoms. The van der Waals surface area contributed by atoms with E-state index in [0.717, 1.165) is 5.56 Å². The minimum absolute atomic E-state index is 0.360. The molecular formula is C21H30O11. The lowest BCUT2D eigenvalue weighted by atomic mass is 9.98. The standard InChI is InChI=1S/C21H30O11/c1-2-3-10-4-6-11(7-5-10)30-21-19(28)17(26)15(24)13(32-21)9-29-20-18(27)16(25)14(23)12(8-22)31-20/h2,4-7,12-28H,1,3,8-9H2/t12-,13-,14+,15+,16+,17+,18+,19+,20+,21-/m0/s1. The largest absolute Gasteiger partial charge is 0.462 e. The minimum Gasteiger partial charge on any atom is -0.462 e. The Bertz CT molecular complexity index is 727. The van der Waals surface area contributed by atoms with Crippen molar-refractivity contribution in [1.29, 1.82) is 0 Å². The maximum atomic E-state index is 10.3. The maximum Gasteiger partial charge on any atom is 0.229 e. The van der Waals surface area contributed by atoms with Gasteiger partial charge in [0.15, 0.2) is 6.29 Å². The number of benzene rings is 1. The molecule has 0 unspecified atom stereocenters. The molecule has 2 saturated heterocycles. The Balaban J connectivity index is 1.62. The lowest BCUT2D eigenvalue weighted by molar-refractivity contribution is -0.323. The van der Waals surface area contributed by atoms with Crippen LogP contribution in [0.4, 0.5) is 0 Å². The summed E-state index contributed by atoms with van der Waals surface area (Å²) in [5, 5.41) is 69.7. The van der Waals surface area contributed by atoms with Crippen LogP contribution < -0.4 is 4.74 Å². The molecule has 0 spiro atoms. The number of aliphatic hydroxyl groups excluding tert-OH is 7. The molecule has 2 aliphatic heterocycles. The highest BCUT2D eigenvalue weighted by molar-refractivity contribution is 5.28. The molecule has 10 atom stereocenters. The molecule has 32 heavy (non-hydrogen) atoms. The van der Waals surface area contributed by atoms with Gasteiger partial charge in [-0.15, -0.1) is 6.58 Å². The first-order chi connectivity index (χ1) is 15.3. The lowest BCUT2D eigenvalue weighted by Crippen LogP contribution is -2.62. The van der Waals surface area contributed by atoms with Crippen LogP contribution in [0, 0.1) is 0 Å². The third-order valence-corrected chi connectivity index (χ3v) is 5.50. The van der Waals surface area contributed by atoms with Crippen molar-refractivity contribution in [2.75, 3.05) is 13.2 Å². The number of aliphatic hydroxyl groups is 7. The highest BCUT2D eigenvalue weighted by atomic mass is 16.7. The summed E-state index contributed by atoms with van der Waals surface area (Å²) in [4.78, 5) is 0. The molecule has 11 nitrogen and oxygen atoms in total. The van der Waals surface area contributed by atoms with Gasteiger partial charge in [-0.2, -0.15) is 0 Å². The second-order valence-electron chi connectivity index (χ2n) is 7.80. The Morgan fingerprint density at radius 2 is 1.34 bits per heavy atom. The maximum absolute atomic E-state index is 10.3. The number of allylic oxidation sites excluding steroid dienone is 1. The molecule has 0 amide bonds. The quantitative estimate of drug-likeness (QED) is 0.203. The molecule has 0 saturated carbocycles. The fourth-order valence-corrected chi connectivity index (χ4v) is 3.55. The lowest BCUT2D eigenvalue weighted by Gasteiger charge is -2.42. The molecule has 3 rings (SSSR count). The van der Waals surface area contributed by atoms with Crippen LogP contribution in [0.15, 0.2) is 36.9 Å². The SMILES string of the molecule is C=CCc1ccc(O[C@H]2O[C@@H](CO[C@@H]3O[C@@H](CO)[C@@H](O)[C@@H](O)[C@H]3O)[C@@H](O)[C@@H](O)[C@H]2O)cc1. The van der Waals surface area contributed by atoms with Gasteiger partial charge in [0.1, 0.15) is 54.6 Å². The molecule has 0 radical (unpaired) electrons. The van der Waals surface area contributed by atoms with Gasteiger partial charge in [-0.05, 0) is 24.1 Å². The van der Waals surface area contributed by atoms with Crippen molar-refractivity contribution in [3.8, 4) is 5.75 Å². The van der Waals surface area contributed by atoms with Crippen LogP contribution in [0.2, 0.25) is 0 Å². The van der Waals surface area contributed by atoms with Crippen molar-refractivity contribution in [2.45, 2.75) is 67.8 Å². The second kappa shape index (κ2) is 11.0. The molecule has 2 heterocycles. The summed E-state index contributed by atoms with van der Waals surface area (Å²) in [6.07, 6.45) is -12.2. The summed E-state index contributed by atoms with van der Waals surface area (Å²) in [6, 6.07) is 6.92. The van der Waals surface area contributed by atoms with Crippen LogP contribution in [0.5, 0.6) is 5.75 Å². The summed E-state index contributed by atoms with van der Waals surface area (Å²) < 4.78 is 21.8. The van der Waals surface area contributed by atoms with E-state index in [1.807, 2.05) is 0 Å². The Morgan fingerprint density at radius 3 is 1.94 bits per heavy atom. The van der Waals surface area contributed by atoms with Crippen molar-refractivity contribution < 1.29 is 54.7 Å². The fraction of sp³-hybridized carbons (Fsp3) is 0.619. The average Bonchev–Trinajstić information content (AvgIpc) is 2.79. The van der Waals surface area contributed by atoms with Gasteiger partial charge in [0.05, 0.1) is 13.2 Å². The van der Waals surface area contributed by atoms with E-state index in [4.69, 9.17) is 18.9 Å². The molecule has 1 aromatic rings. The topological polar surface area (TPSA) is 179 Å². The van der Waals surface area contributed by atoms with Gasteiger partial charge in [0, 0.05) is 0 Å². The average molecular weight is 458 g/mol. The van der Waals surface area contributed by atoms with Gasteiger partial charge in [0.25, 0.3) is 0 Å². The number of hydrogen-bond donors (Lipinski definition) is 7. The zero-order valence-corrected chi connectivity index (χ0v) is 17.3. The van der Waals surface area contributed by atoms with E-state index >= 15 is 0 Å². The Morgan fingerprint density at radius 1 is 0.781 bits per heavy atom. The van der Waals surface area contributed by atoms with Crippen LogP contribution in [-0.2, 0) is 20.6 Å². The van der Waals surface area contributed by atoms with Crippen molar-refractivity contribution in [3.63, 3.8) is 0 Å². The Kier molecular flexibility index (Phi) is 8.58. The van der Waals surface area contributed by atoms with Gasteiger partial charge < -0.3 is 54.7 Å². The summed E-state index contributed by atoms with van der Waals surface area (Å²) >= 11 is 0. The Hall–Kier alpha value is -1.64. The molecular weight excluding hydrogens is 428 g/mol. The van der Waals surface area contributed by atoms with E-state index in [-0.39, 0.29) is 0 Å². The van der Waals surface area contributed by atoms with E-state index in [9.17, 15) is 35.7 Å². The molecule has 7 N–H and O–H groups in total. The molecule has 180 valence electrons. The third-order valence-electron chi connectivity index (χ3n) is 5.50. The van der Waals surface area contributed by atoms with E-state index in [2.05, 4.69) is 6.58 Å².